The Morgan fingerprint density at radius 2 is 1.40 bits per heavy atom. The third-order valence-corrected chi connectivity index (χ3v) is 9.93. The van der Waals surface area contributed by atoms with E-state index in [-0.39, 0.29) is 18.6 Å². The molecule has 7 nitrogen and oxygen atoms in total. The number of ether oxygens (including phenoxy) is 3. The van der Waals surface area contributed by atoms with Crippen molar-refractivity contribution >= 4 is 22.7 Å². The maximum absolute atomic E-state index is 12.6. The highest BCUT2D eigenvalue weighted by Gasteiger charge is 2.52. The second-order valence-electron chi connectivity index (χ2n) is 13.6. The number of cyclic esters (lactones) is 2. The Morgan fingerprint density at radius 1 is 0.833 bits per heavy atom. The molecule has 0 radical (unpaired) electrons. The standard InChI is InChI=1S/C35H38O7/c1-34(2)41-32(38)31(33(39)42-34)27-6-5-23-12-24(3-4-25(23)13-27)26-7-8-30(40-19-28(37)18-36)29(14-26)35-15-20-9-21(16-35)11-22(10-20)17-35/h3-8,12-14,20-22,28,31,36-37H,9-11,15-19H2,1-2H3. The molecule has 3 aromatic rings. The van der Waals surface area contributed by atoms with Crippen molar-refractivity contribution in [1.29, 1.82) is 0 Å². The van der Waals surface area contributed by atoms with E-state index in [9.17, 15) is 19.8 Å². The predicted octanol–water partition coefficient (Wildman–Crippen LogP) is 5.63. The molecule has 42 heavy (non-hydrogen) atoms. The normalized spacial score (nSPS) is 28.9. The molecule has 5 aliphatic rings. The molecule has 1 heterocycles. The van der Waals surface area contributed by atoms with Gasteiger partial charge in [0, 0.05) is 19.4 Å². The van der Waals surface area contributed by atoms with Gasteiger partial charge in [-0.15, -0.1) is 0 Å². The minimum atomic E-state index is -1.26. The van der Waals surface area contributed by atoms with E-state index in [2.05, 4.69) is 24.3 Å². The molecule has 4 aliphatic carbocycles. The molecule has 220 valence electrons. The van der Waals surface area contributed by atoms with Crippen molar-refractivity contribution in [3.8, 4) is 16.9 Å². The van der Waals surface area contributed by atoms with Crippen LogP contribution in [0.5, 0.6) is 5.75 Å². The minimum absolute atomic E-state index is 0.0626. The van der Waals surface area contributed by atoms with E-state index in [0.29, 0.717) is 5.56 Å². The summed E-state index contributed by atoms with van der Waals surface area (Å²) in [5.74, 6) is -0.419. The average molecular weight is 571 g/mol. The number of hydrogen-bond donors (Lipinski definition) is 2. The zero-order valence-electron chi connectivity index (χ0n) is 24.2. The van der Waals surface area contributed by atoms with Gasteiger partial charge in [0.1, 0.15) is 18.5 Å². The Bertz CT molecular complexity index is 1500. The number of fused-ring (bicyclic) bond motifs is 1. The third kappa shape index (κ3) is 4.86. The summed E-state index contributed by atoms with van der Waals surface area (Å²) < 4.78 is 16.8. The van der Waals surface area contributed by atoms with Gasteiger partial charge in [-0.25, -0.2) is 0 Å². The second kappa shape index (κ2) is 10.1. The van der Waals surface area contributed by atoms with Crippen LogP contribution >= 0.6 is 0 Å². The molecule has 1 atom stereocenters. The summed E-state index contributed by atoms with van der Waals surface area (Å²) in [7, 11) is 0. The summed E-state index contributed by atoms with van der Waals surface area (Å²) in [5.41, 5.74) is 4.05. The van der Waals surface area contributed by atoms with Crippen LogP contribution in [-0.4, -0.2) is 47.3 Å². The van der Waals surface area contributed by atoms with Crippen molar-refractivity contribution in [1.82, 2.24) is 0 Å². The molecule has 1 aliphatic heterocycles. The van der Waals surface area contributed by atoms with Crippen molar-refractivity contribution in [2.75, 3.05) is 13.2 Å². The first kappa shape index (κ1) is 27.4. The van der Waals surface area contributed by atoms with Crippen LogP contribution in [0.15, 0.2) is 54.6 Å². The SMILES string of the molecule is CC1(C)OC(=O)C(c2ccc3cc(-c4ccc(OCC(O)CO)c(C56CC7CC(CC(C7)C5)C6)c4)ccc3c2)C(=O)O1. The molecule has 1 unspecified atom stereocenters. The van der Waals surface area contributed by atoms with Crippen molar-refractivity contribution in [2.24, 2.45) is 17.8 Å². The highest BCUT2D eigenvalue weighted by Crippen LogP contribution is 2.62. The highest BCUT2D eigenvalue weighted by molar-refractivity contribution is 6.03. The Hall–Kier alpha value is -3.42. The summed E-state index contributed by atoms with van der Waals surface area (Å²) in [6.45, 7) is 2.83. The van der Waals surface area contributed by atoms with Gasteiger partial charge < -0.3 is 24.4 Å². The Labute approximate surface area is 245 Å². The van der Waals surface area contributed by atoms with Crippen LogP contribution in [0.3, 0.4) is 0 Å². The number of hydrogen-bond acceptors (Lipinski definition) is 7. The molecule has 2 N–H and O–H groups in total. The van der Waals surface area contributed by atoms with Crippen molar-refractivity contribution < 1.29 is 34.0 Å². The Kier molecular flexibility index (Phi) is 6.59. The summed E-state index contributed by atoms with van der Waals surface area (Å²) in [5, 5.41) is 21.3. The van der Waals surface area contributed by atoms with Crippen LogP contribution in [0, 0.1) is 17.8 Å². The lowest BCUT2D eigenvalue weighted by Crippen LogP contribution is -2.48. The van der Waals surface area contributed by atoms with Gasteiger partial charge in [-0.1, -0.05) is 30.3 Å². The van der Waals surface area contributed by atoms with Crippen LogP contribution in [0.4, 0.5) is 0 Å². The number of aliphatic hydroxyl groups is 2. The van der Waals surface area contributed by atoms with Crippen LogP contribution in [0.1, 0.15) is 69.4 Å². The number of carbonyl (C=O) groups excluding carboxylic acids is 2. The highest BCUT2D eigenvalue weighted by atomic mass is 16.7. The lowest BCUT2D eigenvalue weighted by molar-refractivity contribution is -0.234. The fourth-order valence-corrected chi connectivity index (χ4v) is 8.54. The fraction of sp³-hybridized carbons (Fsp3) is 0.486. The van der Waals surface area contributed by atoms with Gasteiger partial charge in [-0.2, -0.15) is 0 Å². The minimum Gasteiger partial charge on any atom is -0.490 e. The van der Waals surface area contributed by atoms with Gasteiger partial charge >= 0.3 is 11.9 Å². The molecule has 3 aromatic carbocycles. The smallest absolute Gasteiger partial charge is 0.328 e. The summed E-state index contributed by atoms with van der Waals surface area (Å²) >= 11 is 0. The summed E-state index contributed by atoms with van der Waals surface area (Å²) in [6, 6.07) is 18.2. The van der Waals surface area contributed by atoms with Gasteiger partial charge in [0.2, 0.25) is 0 Å². The van der Waals surface area contributed by atoms with Gasteiger partial charge in [0.15, 0.2) is 5.92 Å². The van der Waals surface area contributed by atoms with Crippen LogP contribution in [0.2, 0.25) is 0 Å². The maximum atomic E-state index is 12.6. The van der Waals surface area contributed by atoms with Gasteiger partial charge in [-0.3, -0.25) is 9.59 Å². The predicted molar refractivity (Wildman–Crippen MR) is 157 cm³/mol. The van der Waals surface area contributed by atoms with Crippen molar-refractivity contribution in [3.05, 3.63) is 65.7 Å². The zero-order valence-corrected chi connectivity index (χ0v) is 24.2. The lowest BCUT2D eigenvalue weighted by atomic mass is 9.48. The number of carbonyl (C=O) groups is 2. The van der Waals surface area contributed by atoms with Gasteiger partial charge in [-0.05, 0) is 113 Å². The molecule has 4 bridgehead atoms. The summed E-state index contributed by atoms with van der Waals surface area (Å²) in [4.78, 5) is 25.3. The van der Waals surface area contributed by atoms with E-state index in [1.165, 1.54) is 44.1 Å². The average Bonchev–Trinajstić information content (AvgIpc) is 2.93. The van der Waals surface area contributed by atoms with Crippen molar-refractivity contribution in [2.45, 2.75) is 75.6 Å². The fourth-order valence-electron chi connectivity index (χ4n) is 8.54. The van der Waals surface area contributed by atoms with Crippen LogP contribution in [0.25, 0.3) is 21.9 Å². The van der Waals surface area contributed by atoms with Crippen molar-refractivity contribution in [3.63, 3.8) is 0 Å². The van der Waals surface area contributed by atoms with Gasteiger partial charge in [0.25, 0.3) is 5.79 Å². The van der Waals surface area contributed by atoms with Crippen LogP contribution < -0.4 is 4.74 Å². The molecule has 8 rings (SSSR count). The molecule has 1 saturated heterocycles. The topological polar surface area (TPSA) is 102 Å². The second-order valence-corrected chi connectivity index (χ2v) is 13.6. The Balaban J connectivity index is 1.22. The Morgan fingerprint density at radius 3 is 2.05 bits per heavy atom. The van der Waals surface area contributed by atoms with E-state index < -0.39 is 29.7 Å². The first-order chi connectivity index (χ1) is 20.1. The zero-order chi connectivity index (χ0) is 29.2. The maximum Gasteiger partial charge on any atom is 0.328 e. The quantitative estimate of drug-likeness (QED) is 0.281. The number of aliphatic hydroxyl groups excluding tert-OH is 2. The molecule has 5 fully saturated rings. The molecule has 0 spiro atoms. The molecule has 0 amide bonds. The molecule has 0 aromatic heterocycles. The third-order valence-electron chi connectivity index (χ3n) is 9.93. The summed E-state index contributed by atoms with van der Waals surface area (Å²) in [6.07, 6.45) is 6.68. The monoisotopic (exact) mass is 570 g/mol. The van der Waals surface area contributed by atoms with Gasteiger partial charge in [0.05, 0.1) is 6.61 Å². The van der Waals surface area contributed by atoms with E-state index in [0.717, 1.165) is 45.4 Å². The van der Waals surface area contributed by atoms with E-state index >= 15 is 0 Å². The molecular weight excluding hydrogens is 532 g/mol. The largest absolute Gasteiger partial charge is 0.490 e. The first-order valence-electron chi connectivity index (χ1n) is 15.2. The number of esters is 2. The molecular formula is C35H38O7. The van der Waals surface area contributed by atoms with E-state index in [1.807, 2.05) is 24.3 Å². The molecule has 7 heteroatoms. The number of rotatable bonds is 7. The molecule has 4 saturated carbocycles. The van der Waals surface area contributed by atoms with Crippen LogP contribution in [-0.2, 0) is 24.5 Å². The number of benzene rings is 3. The lowest BCUT2D eigenvalue weighted by Gasteiger charge is -2.57. The first-order valence-corrected chi connectivity index (χ1v) is 15.2. The van der Waals surface area contributed by atoms with E-state index in [1.54, 1.807) is 19.9 Å². The van der Waals surface area contributed by atoms with E-state index in [4.69, 9.17) is 14.2 Å².